The molecular formula is C19H15Cl2N3O2. The zero-order chi connectivity index (χ0) is 18.5. The molecule has 132 valence electrons. The third-order valence-electron chi connectivity index (χ3n) is 3.53. The fraction of sp³-hybridized carbons (Fsp3) is 0.0526. The Bertz CT molecular complexity index is 930. The highest BCUT2D eigenvalue weighted by molar-refractivity contribution is 6.32. The van der Waals surface area contributed by atoms with Gasteiger partial charge in [-0.15, -0.1) is 0 Å². The zero-order valence-corrected chi connectivity index (χ0v) is 15.3. The van der Waals surface area contributed by atoms with Crippen molar-refractivity contribution in [1.82, 2.24) is 4.98 Å². The number of hydrogen-bond donors (Lipinski definition) is 2. The van der Waals surface area contributed by atoms with Crippen molar-refractivity contribution in [3.05, 3.63) is 76.4 Å². The molecule has 0 spiro atoms. The first-order valence-electron chi connectivity index (χ1n) is 7.69. The monoisotopic (exact) mass is 387 g/mol. The van der Waals surface area contributed by atoms with Crippen LogP contribution in [-0.4, -0.2) is 18.0 Å². The number of nitrogens with one attached hydrogen (secondary N) is 2. The molecule has 0 fully saturated rings. The van der Waals surface area contributed by atoms with Crippen molar-refractivity contribution in [1.29, 1.82) is 0 Å². The first-order chi connectivity index (χ1) is 12.5. The number of aromatic nitrogens is 1. The Morgan fingerprint density at radius 1 is 1.04 bits per heavy atom. The smallest absolute Gasteiger partial charge is 0.257 e. The standard InChI is InChI=1S/C19H15Cl2N3O2/c1-26-17-7-6-15(10-16(17)21)24-19(25)12-5-8-18(22-11-12)23-14-4-2-3-13(20)9-14/h2-11H,1H3,(H,22,23)(H,24,25). The molecule has 2 aromatic carbocycles. The lowest BCUT2D eigenvalue weighted by Gasteiger charge is -2.09. The van der Waals surface area contributed by atoms with Gasteiger partial charge in [0, 0.05) is 22.6 Å². The van der Waals surface area contributed by atoms with Gasteiger partial charge in [-0.05, 0) is 48.5 Å². The van der Waals surface area contributed by atoms with Crippen molar-refractivity contribution in [2.24, 2.45) is 0 Å². The normalized spacial score (nSPS) is 10.3. The number of anilines is 3. The minimum absolute atomic E-state index is 0.284. The van der Waals surface area contributed by atoms with Crippen LogP contribution in [0, 0.1) is 0 Å². The van der Waals surface area contributed by atoms with Crippen molar-refractivity contribution >= 4 is 46.3 Å². The Labute approximate surface area is 160 Å². The molecule has 3 aromatic rings. The van der Waals surface area contributed by atoms with Gasteiger partial charge in [-0.2, -0.15) is 0 Å². The van der Waals surface area contributed by atoms with Crippen molar-refractivity contribution in [3.63, 3.8) is 0 Å². The molecule has 3 rings (SSSR count). The van der Waals surface area contributed by atoms with Crippen LogP contribution in [0.15, 0.2) is 60.8 Å². The van der Waals surface area contributed by atoms with Gasteiger partial charge in [0.15, 0.2) is 0 Å². The van der Waals surface area contributed by atoms with E-state index < -0.39 is 0 Å². The van der Waals surface area contributed by atoms with E-state index in [-0.39, 0.29) is 5.91 Å². The van der Waals surface area contributed by atoms with E-state index in [1.54, 1.807) is 42.5 Å². The van der Waals surface area contributed by atoms with E-state index in [4.69, 9.17) is 27.9 Å². The third kappa shape index (κ3) is 4.45. The van der Waals surface area contributed by atoms with E-state index in [1.807, 2.05) is 12.1 Å². The summed E-state index contributed by atoms with van der Waals surface area (Å²) in [5, 5.41) is 6.94. The van der Waals surface area contributed by atoms with Gasteiger partial charge >= 0.3 is 0 Å². The van der Waals surface area contributed by atoms with Crippen LogP contribution in [-0.2, 0) is 0 Å². The SMILES string of the molecule is COc1ccc(NC(=O)c2ccc(Nc3cccc(Cl)c3)nc2)cc1Cl. The van der Waals surface area contributed by atoms with Crippen LogP contribution < -0.4 is 15.4 Å². The second-order valence-electron chi connectivity index (χ2n) is 5.37. The molecule has 1 heterocycles. The minimum Gasteiger partial charge on any atom is -0.495 e. The Hall–Kier alpha value is -2.76. The van der Waals surface area contributed by atoms with E-state index in [2.05, 4.69) is 15.6 Å². The number of hydrogen-bond acceptors (Lipinski definition) is 4. The zero-order valence-electron chi connectivity index (χ0n) is 13.8. The molecule has 0 aliphatic heterocycles. The van der Waals surface area contributed by atoms with Crippen molar-refractivity contribution in [2.75, 3.05) is 17.7 Å². The second-order valence-corrected chi connectivity index (χ2v) is 6.21. The van der Waals surface area contributed by atoms with Gasteiger partial charge in [-0.25, -0.2) is 4.98 Å². The lowest BCUT2D eigenvalue weighted by Crippen LogP contribution is -2.12. The minimum atomic E-state index is -0.284. The van der Waals surface area contributed by atoms with Crippen LogP contribution in [0.3, 0.4) is 0 Å². The highest BCUT2D eigenvalue weighted by Gasteiger charge is 2.09. The van der Waals surface area contributed by atoms with Crippen LogP contribution >= 0.6 is 23.2 Å². The van der Waals surface area contributed by atoms with Crippen molar-refractivity contribution < 1.29 is 9.53 Å². The molecule has 0 unspecified atom stereocenters. The van der Waals surface area contributed by atoms with Gasteiger partial charge in [0.2, 0.25) is 0 Å². The highest BCUT2D eigenvalue weighted by Crippen LogP contribution is 2.27. The number of nitrogens with zero attached hydrogens (tertiary/aromatic N) is 1. The molecule has 0 saturated carbocycles. The Morgan fingerprint density at radius 2 is 1.88 bits per heavy atom. The van der Waals surface area contributed by atoms with E-state index in [0.717, 1.165) is 5.69 Å². The molecule has 1 amide bonds. The van der Waals surface area contributed by atoms with E-state index in [1.165, 1.54) is 13.3 Å². The molecule has 0 aliphatic carbocycles. The summed E-state index contributed by atoms with van der Waals surface area (Å²) in [5.74, 6) is 0.868. The van der Waals surface area contributed by atoms with Gasteiger partial charge < -0.3 is 15.4 Å². The maximum absolute atomic E-state index is 12.3. The van der Waals surface area contributed by atoms with Gasteiger partial charge in [0.1, 0.15) is 11.6 Å². The van der Waals surface area contributed by atoms with Gasteiger partial charge in [0.25, 0.3) is 5.91 Å². The summed E-state index contributed by atoms with van der Waals surface area (Å²) in [6, 6.07) is 15.7. The van der Waals surface area contributed by atoms with Gasteiger partial charge in [0.05, 0.1) is 17.7 Å². The molecule has 1 aromatic heterocycles. The first kappa shape index (κ1) is 18.0. The van der Waals surface area contributed by atoms with E-state index >= 15 is 0 Å². The summed E-state index contributed by atoms with van der Waals surface area (Å²) in [6.45, 7) is 0. The molecule has 26 heavy (non-hydrogen) atoms. The van der Waals surface area contributed by atoms with Crippen LogP contribution in [0.5, 0.6) is 5.75 Å². The maximum atomic E-state index is 12.3. The molecule has 0 bridgehead atoms. The second kappa shape index (κ2) is 8.08. The number of benzene rings is 2. The molecular weight excluding hydrogens is 373 g/mol. The summed E-state index contributed by atoms with van der Waals surface area (Å²) in [4.78, 5) is 16.6. The quantitative estimate of drug-likeness (QED) is 0.615. The number of methoxy groups -OCH3 is 1. The highest BCUT2D eigenvalue weighted by atomic mass is 35.5. The predicted molar refractivity (Wildman–Crippen MR) is 105 cm³/mol. The number of rotatable bonds is 5. The summed E-state index contributed by atoms with van der Waals surface area (Å²) in [5.41, 5.74) is 1.81. The van der Waals surface area contributed by atoms with Crippen molar-refractivity contribution in [2.45, 2.75) is 0 Å². The average molecular weight is 388 g/mol. The summed E-state index contributed by atoms with van der Waals surface area (Å²) < 4.78 is 5.09. The van der Waals surface area contributed by atoms with Crippen LogP contribution in [0.1, 0.15) is 10.4 Å². The van der Waals surface area contributed by atoms with Crippen molar-refractivity contribution in [3.8, 4) is 5.75 Å². The first-order valence-corrected chi connectivity index (χ1v) is 8.44. The van der Waals surface area contributed by atoms with Crippen LogP contribution in [0.4, 0.5) is 17.2 Å². The maximum Gasteiger partial charge on any atom is 0.257 e. The molecule has 7 heteroatoms. The Kier molecular flexibility index (Phi) is 5.61. The number of halogens is 2. The van der Waals surface area contributed by atoms with Gasteiger partial charge in [-0.1, -0.05) is 29.3 Å². The number of pyridine rings is 1. The third-order valence-corrected chi connectivity index (χ3v) is 4.06. The summed E-state index contributed by atoms with van der Waals surface area (Å²) >= 11 is 12.0. The van der Waals surface area contributed by atoms with E-state index in [9.17, 15) is 4.79 Å². The molecule has 0 saturated heterocycles. The summed E-state index contributed by atoms with van der Waals surface area (Å²) in [6.07, 6.45) is 1.49. The van der Waals surface area contributed by atoms with E-state index in [0.29, 0.717) is 32.9 Å². The summed E-state index contributed by atoms with van der Waals surface area (Å²) in [7, 11) is 1.53. The average Bonchev–Trinajstić information content (AvgIpc) is 2.62. The number of ether oxygens (including phenoxy) is 1. The number of carbonyl (C=O) groups excluding carboxylic acids is 1. The Balaban J connectivity index is 1.68. The lowest BCUT2D eigenvalue weighted by atomic mass is 10.2. The number of amides is 1. The van der Waals surface area contributed by atoms with Gasteiger partial charge in [-0.3, -0.25) is 4.79 Å². The fourth-order valence-electron chi connectivity index (χ4n) is 2.26. The fourth-order valence-corrected chi connectivity index (χ4v) is 2.71. The molecule has 0 atom stereocenters. The molecule has 0 radical (unpaired) electrons. The van der Waals surface area contributed by atoms with Crippen LogP contribution in [0.25, 0.3) is 0 Å². The molecule has 2 N–H and O–H groups in total. The number of carbonyl (C=O) groups is 1. The predicted octanol–water partition coefficient (Wildman–Crippen LogP) is 5.39. The largest absolute Gasteiger partial charge is 0.495 e. The lowest BCUT2D eigenvalue weighted by molar-refractivity contribution is 0.102. The van der Waals surface area contributed by atoms with Crippen LogP contribution in [0.2, 0.25) is 10.0 Å². The molecule has 5 nitrogen and oxygen atoms in total. The topological polar surface area (TPSA) is 63.2 Å². The Morgan fingerprint density at radius 3 is 2.54 bits per heavy atom. The molecule has 0 aliphatic rings.